The molecule has 4 heteroatoms. The summed E-state index contributed by atoms with van der Waals surface area (Å²) in [5, 5.41) is 12.2. The highest BCUT2D eigenvalue weighted by molar-refractivity contribution is 7.98. The molecule has 0 amide bonds. The van der Waals surface area contributed by atoms with Gasteiger partial charge in [0.05, 0.1) is 11.6 Å². The zero-order chi connectivity index (χ0) is 15.9. The Morgan fingerprint density at radius 1 is 1.00 bits per heavy atom. The summed E-state index contributed by atoms with van der Waals surface area (Å²) >= 11 is 1.78. The van der Waals surface area contributed by atoms with Crippen molar-refractivity contribution in [2.75, 3.05) is 5.32 Å². The van der Waals surface area contributed by atoms with E-state index in [2.05, 4.69) is 34.6 Å². The van der Waals surface area contributed by atoms with Crippen molar-refractivity contribution in [1.82, 2.24) is 4.98 Å². The number of anilines is 2. The van der Waals surface area contributed by atoms with E-state index in [0.717, 1.165) is 17.1 Å². The number of benzene rings is 2. The first-order valence-electron chi connectivity index (χ1n) is 7.22. The van der Waals surface area contributed by atoms with Crippen LogP contribution < -0.4 is 5.32 Å². The molecule has 0 spiro atoms. The van der Waals surface area contributed by atoms with Crippen molar-refractivity contribution < 1.29 is 0 Å². The first-order valence-corrected chi connectivity index (χ1v) is 8.21. The van der Waals surface area contributed by atoms with Gasteiger partial charge in [0, 0.05) is 34.4 Å². The lowest BCUT2D eigenvalue weighted by Crippen LogP contribution is -1.90. The molecule has 3 nitrogen and oxygen atoms in total. The number of rotatable bonds is 5. The van der Waals surface area contributed by atoms with Gasteiger partial charge in [0.1, 0.15) is 0 Å². The molecule has 1 N–H and O–H groups in total. The van der Waals surface area contributed by atoms with Gasteiger partial charge in [0.25, 0.3) is 0 Å². The second-order valence-electron chi connectivity index (χ2n) is 4.99. The number of nitrogens with zero attached hydrogens (tertiary/aromatic N) is 2. The molecule has 0 atom stereocenters. The third kappa shape index (κ3) is 4.35. The van der Waals surface area contributed by atoms with E-state index in [1.165, 1.54) is 10.5 Å². The lowest BCUT2D eigenvalue weighted by Gasteiger charge is -2.08. The van der Waals surface area contributed by atoms with E-state index in [9.17, 15) is 0 Å². The van der Waals surface area contributed by atoms with Crippen molar-refractivity contribution in [2.24, 2.45) is 0 Å². The molecule has 2 aromatic carbocycles. The Kier molecular flexibility index (Phi) is 4.92. The summed E-state index contributed by atoms with van der Waals surface area (Å²) in [6, 6.07) is 21.9. The highest BCUT2D eigenvalue weighted by Gasteiger charge is 1.99. The van der Waals surface area contributed by atoms with Gasteiger partial charge in [-0.25, -0.2) is 0 Å². The Labute approximate surface area is 140 Å². The van der Waals surface area contributed by atoms with E-state index in [4.69, 9.17) is 5.26 Å². The van der Waals surface area contributed by atoms with Crippen LogP contribution in [0.25, 0.3) is 0 Å². The van der Waals surface area contributed by atoms with Crippen LogP contribution in [0, 0.1) is 11.3 Å². The van der Waals surface area contributed by atoms with Crippen LogP contribution >= 0.6 is 11.8 Å². The molecule has 0 saturated heterocycles. The van der Waals surface area contributed by atoms with Crippen molar-refractivity contribution >= 4 is 23.1 Å². The van der Waals surface area contributed by atoms with Gasteiger partial charge in [-0.2, -0.15) is 5.26 Å². The molecule has 0 unspecified atom stereocenters. The SMILES string of the molecule is N#Cc1cccc(Nc2ccc(SCc3cccnc3)cc2)c1. The maximum atomic E-state index is 8.93. The van der Waals surface area contributed by atoms with Crippen LogP contribution in [0.2, 0.25) is 0 Å². The zero-order valence-electron chi connectivity index (χ0n) is 12.4. The summed E-state index contributed by atoms with van der Waals surface area (Å²) in [5.41, 5.74) is 3.79. The minimum Gasteiger partial charge on any atom is -0.355 e. The molecule has 3 aromatic rings. The highest BCUT2D eigenvalue weighted by Crippen LogP contribution is 2.25. The van der Waals surface area contributed by atoms with Crippen molar-refractivity contribution in [3.05, 3.63) is 84.2 Å². The van der Waals surface area contributed by atoms with Crippen LogP contribution in [-0.4, -0.2) is 4.98 Å². The topological polar surface area (TPSA) is 48.7 Å². The van der Waals surface area contributed by atoms with E-state index >= 15 is 0 Å². The molecular weight excluding hydrogens is 302 g/mol. The molecule has 0 aliphatic heterocycles. The average molecular weight is 317 g/mol. The number of aromatic nitrogens is 1. The molecular formula is C19H15N3S. The molecule has 0 radical (unpaired) electrons. The first-order chi connectivity index (χ1) is 11.3. The molecule has 3 rings (SSSR count). The number of thioether (sulfide) groups is 1. The van der Waals surface area contributed by atoms with Crippen LogP contribution in [0.3, 0.4) is 0 Å². The maximum Gasteiger partial charge on any atom is 0.0992 e. The molecule has 0 saturated carbocycles. The lowest BCUT2D eigenvalue weighted by atomic mass is 10.2. The monoisotopic (exact) mass is 317 g/mol. The summed E-state index contributed by atoms with van der Waals surface area (Å²) in [6.45, 7) is 0. The first kappa shape index (κ1) is 15.1. The van der Waals surface area contributed by atoms with Gasteiger partial charge >= 0.3 is 0 Å². The Morgan fingerprint density at radius 2 is 1.87 bits per heavy atom. The summed E-state index contributed by atoms with van der Waals surface area (Å²) in [4.78, 5) is 5.34. The average Bonchev–Trinajstić information content (AvgIpc) is 2.62. The fraction of sp³-hybridized carbons (Fsp3) is 0.0526. The smallest absolute Gasteiger partial charge is 0.0992 e. The van der Waals surface area contributed by atoms with Gasteiger partial charge in [-0.3, -0.25) is 4.98 Å². The number of nitrogens with one attached hydrogen (secondary N) is 1. The van der Waals surface area contributed by atoms with Crippen molar-refractivity contribution in [1.29, 1.82) is 5.26 Å². The maximum absolute atomic E-state index is 8.93. The normalized spacial score (nSPS) is 10.0. The third-order valence-electron chi connectivity index (χ3n) is 3.26. The Balaban J connectivity index is 1.61. The molecule has 0 aliphatic rings. The largest absolute Gasteiger partial charge is 0.355 e. The van der Waals surface area contributed by atoms with Gasteiger partial charge in [-0.05, 0) is 54.1 Å². The second-order valence-corrected chi connectivity index (χ2v) is 6.04. The van der Waals surface area contributed by atoms with Gasteiger partial charge in [0.15, 0.2) is 0 Å². The molecule has 112 valence electrons. The van der Waals surface area contributed by atoms with E-state index in [0.29, 0.717) is 5.56 Å². The minimum atomic E-state index is 0.652. The van der Waals surface area contributed by atoms with E-state index < -0.39 is 0 Å². The van der Waals surface area contributed by atoms with Crippen molar-refractivity contribution in [3.63, 3.8) is 0 Å². The van der Waals surface area contributed by atoms with Gasteiger partial charge in [0.2, 0.25) is 0 Å². The quantitative estimate of drug-likeness (QED) is 0.674. The van der Waals surface area contributed by atoms with E-state index in [-0.39, 0.29) is 0 Å². The second kappa shape index (κ2) is 7.48. The Morgan fingerprint density at radius 3 is 2.61 bits per heavy atom. The summed E-state index contributed by atoms with van der Waals surface area (Å²) in [6.07, 6.45) is 3.68. The summed E-state index contributed by atoms with van der Waals surface area (Å²) < 4.78 is 0. The van der Waals surface area contributed by atoms with Crippen LogP contribution in [-0.2, 0) is 5.75 Å². The number of hydrogen-bond acceptors (Lipinski definition) is 4. The third-order valence-corrected chi connectivity index (χ3v) is 4.35. The molecule has 0 bridgehead atoms. The molecule has 0 aliphatic carbocycles. The highest BCUT2D eigenvalue weighted by atomic mass is 32.2. The number of nitriles is 1. The van der Waals surface area contributed by atoms with Crippen LogP contribution in [0.5, 0.6) is 0 Å². The Bertz CT molecular complexity index is 808. The van der Waals surface area contributed by atoms with Crippen molar-refractivity contribution in [2.45, 2.75) is 10.6 Å². The predicted molar refractivity (Wildman–Crippen MR) is 94.7 cm³/mol. The van der Waals surface area contributed by atoms with Crippen LogP contribution in [0.4, 0.5) is 11.4 Å². The van der Waals surface area contributed by atoms with E-state index in [1.54, 1.807) is 24.0 Å². The van der Waals surface area contributed by atoms with Crippen LogP contribution in [0.1, 0.15) is 11.1 Å². The van der Waals surface area contributed by atoms with Crippen LogP contribution in [0.15, 0.2) is 78.0 Å². The summed E-state index contributed by atoms with van der Waals surface area (Å²) in [5.74, 6) is 0.908. The predicted octanol–water partition coefficient (Wildman–Crippen LogP) is 4.99. The lowest BCUT2D eigenvalue weighted by molar-refractivity contribution is 1.25. The van der Waals surface area contributed by atoms with Gasteiger partial charge in [-0.1, -0.05) is 12.1 Å². The minimum absolute atomic E-state index is 0.652. The summed E-state index contributed by atoms with van der Waals surface area (Å²) in [7, 11) is 0. The van der Waals surface area contributed by atoms with Gasteiger partial charge in [-0.15, -0.1) is 11.8 Å². The number of pyridine rings is 1. The molecule has 1 heterocycles. The van der Waals surface area contributed by atoms with E-state index in [1.807, 2.05) is 42.6 Å². The number of hydrogen-bond donors (Lipinski definition) is 1. The Hall–Kier alpha value is -2.77. The zero-order valence-corrected chi connectivity index (χ0v) is 13.3. The molecule has 0 fully saturated rings. The van der Waals surface area contributed by atoms with Gasteiger partial charge < -0.3 is 5.32 Å². The fourth-order valence-corrected chi connectivity index (χ4v) is 2.95. The molecule has 23 heavy (non-hydrogen) atoms. The van der Waals surface area contributed by atoms with Crippen molar-refractivity contribution in [3.8, 4) is 6.07 Å². The molecule has 1 aromatic heterocycles. The standard InChI is InChI=1S/C19H15N3S/c20-12-15-3-1-5-18(11-15)22-17-6-8-19(9-7-17)23-14-16-4-2-10-21-13-16/h1-11,13,22H,14H2. The fourth-order valence-electron chi connectivity index (χ4n) is 2.12.